The van der Waals surface area contributed by atoms with Crippen LogP contribution in [0.2, 0.25) is 0 Å². The maximum atomic E-state index is 10.9. The first-order valence-corrected chi connectivity index (χ1v) is 5.52. The van der Waals surface area contributed by atoms with Gasteiger partial charge in [-0.1, -0.05) is 18.2 Å². The second kappa shape index (κ2) is 5.46. The Balaban J connectivity index is 2.43. The maximum Gasteiger partial charge on any atom is 0.277 e. The van der Waals surface area contributed by atoms with Crippen molar-refractivity contribution >= 4 is 16.5 Å². The van der Waals surface area contributed by atoms with Gasteiger partial charge in [0, 0.05) is 18.6 Å². The highest BCUT2D eigenvalue weighted by Gasteiger charge is 2.13. The molecule has 5 heteroatoms. The summed E-state index contributed by atoms with van der Waals surface area (Å²) in [5, 5.41) is 12.3. The number of hydrogen-bond donors (Lipinski definition) is 0. The molecule has 0 N–H and O–H groups in total. The number of rotatable bonds is 5. The van der Waals surface area contributed by atoms with Crippen LogP contribution in [-0.2, 0) is 4.74 Å². The SMILES string of the molecule is COCCOc1cccc2c([N+](=O)[O-])cccc12. The fourth-order valence-electron chi connectivity index (χ4n) is 1.78. The summed E-state index contributed by atoms with van der Waals surface area (Å²) in [4.78, 5) is 10.5. The van der Waals surface area contributed by atoms with Gasteiger partial charge in [-0.3, -0.25) is 10.1 Å². The van der Waals surface area contributed by atoms with Gasteiger partial charge in [-0.15, -0.1) is 0 Å². The van der Waals surface area contributed by atoms with E-state index in [1.54, 1.807) is 31.4 Å². The van der Waals surface area contributed by atoms with E-state index in [9.17, 15) is 10.1 Å². The second-order valence-corrected chi connectivity index (χ2v) is 3.73. The van der Waals surface area contributed by atoms with Gasteiger partial charge in [-0.05, 0) is 12.1 Å². The predicted molar refractivity (Wildman–Crippen MR) is 68.0 cm³/mol. The lowest BCUT2D eigenvalue weighted by Gasteiger charge is -2.08. The first-order valence-electron chi connectivity index (χ1n) is 5.52. The molecule has 0 saturated carbocycles. The lowest BCUT2D eigenvalue weighted by molar-refractivity contribution is -0.383. The Labute approximate surface area is 104 Å². The number of hydrogen-bond acceptors (Lipinski definition) is 4. The lowest BCUT2D eigenvalue weighted by atomic mass is 10.1. The van der Waals surface area contributed by atoms with Crippen molar-refractivity contribution in [2.24, 2.45) is 0 Å². The van der Waals surface area contributed by atoms with Gasteiger partial charge < -0.3 is 9.47 Å². The molecule has 2 aromatic rings. The number of nitro groups is 1. The summed E-state index contributed by atoms with van der Waals surface area (Å²) in [5.74, 6) is 0.633. The molecule has 0 aliphatic heterocycles. The van der Waals surface area contributed by atoms with Crippen molar-refractivity contribution in [1.29, 1.82) is 0 Å². The number of non-ortho nitro benzene ring substituents is 1. The molecule has 0 aromatic heterocycles. The summed E-state index contributed by atoms with van der Waals surface area (Å²) in [6, 6.07) is 10.2. The topological polar surface area (TPSA) is 61.6 Å². The molecule has 2 rings (SSSR count). The molecule has 0 unspecified atom stereocenters. The van der Waals surface area contributed by atoms with Crippen molar-refractivity contribution in [3.8, 4) is 5.75 Å². The minimum Gasteiger partial charge on any atom is -0.491 e. The molecule has 0 aliphatic rings. The van der Waals surface area contributed by atoms with Crippen LogP contribution in [0, 0.1) is 10.1 Å². The van der Waals surface area contributed by atoms with E-state index in [2.05, 4.69) is 0 Å². The Kier molecular flexibility index (Phi) is 3.74. The highest BCUT2D eigenvalue weighted by Crippen LogP contribution is 2.31. The zero-order valence-corrected chi connectivity index (χ0v) is 9.96. The molecule has 0 bridgehead atoms. The van der Waals surface area contributed by atoms with Crippen molar-refractivity contribution in [3.63, 3.8) is 0 Å². The van der Waals surface area contributed by atoms with Crippen LogP contribution in [-0.4, -0.2) is 25.2 Å². The first-order chi connectivity index (χ1) is 8.74. The van der Waals surface area contributed by atoms with E-state index in [0.29, 0.717) is 24.3 Å². The number of ether oxygens (including phenoxy) is 2. The molecular formula is C13H13NO4. The molecule has 0 fully saturated rings. The van der Waals surface area contributed by atoms with Gasteiger partial charge in [0.15, 0.2) is 0 Å². The highest BCUT2D eigenvalue weighted by molar-refractivity contribution is 5.95. The number of methoxy groups -OCH3 is 1. The van der Waals surface area contributed by atoms with Gasteiger partial charge in [-0.2, -0.15) is 0 Å². The average molecular weight is 247 g/mol. The van der Waals surface area contributed by atoms with E-state index in [1.807, 2.05) is 6.07 Å². The average Bonchev–Trinajstić information content (AvgIpc) is 2.38. The van der Waals surface area contributed by atoms with Crippen LogP contribution in [0.5, 0.6) is 5.75 Å². The Hall–Kier alpha value is -2.14. The Morgan fingerprint density at radius 1 is 1.11 bits per heavy atom. The summed E-state index contributed by atoms with van der Waals surface area (Å²) >= 11 is 0. The van der Waals surface area contributed by atoms with Gasteiger partial charge in [0.25, 0.3) is 5.69 Å². The molecule has 0 spiro atoms. The van der Waals surface area contributed by atoms with Crippen LogP contribution in [0.15, 0.2) is 36.4 Å². The van der Waals surface area contributed by atoms with E-state index in [1.165, 1.54) is 6.07 Å². The molecule has 0 atom stereocenters. The summed E-state index contributed by atoms with van der Waals surface area (Å²) < 4.78 is 10.5. The molecular weight excluding hydrogens is 234 g/mol. The lowest BCUT2D eigenvalue weighted by Crippen LogP contribution is -2.04. The summed E-state index contributed by atoms with van der Waals surface area (Å²) in [5.41, 5.74) is 0.0877. The molecule has 0 aliphatic carbocycles. The van der Waals surface area contributed by atoms with E-state index in [-0.39, 0.29) is 10.6 Å². The summed E-state index contributed by atoms with van der Waals surface area (Å²) in [6.45, 7) is 0.892. The molecule has 0 radical (unpaired) electrons. The monoisotopic (exact) mass is 247 g/mol. The number of nitrogens with zero attached hydrogens (tertiary/aromatic N) is 1. The van der Waals surface area contributed by atoms with Crippen molar-refractivity contribution in [1.82, 2.24) is 0 Å². The fourth-order valence-corrected chi connectivity index (χ4v) is 1.78. The zero-order chi connectivity index (χ0) is 13.0. The molecule has 0 saturated heterocycles. The van der Waals surface area contributed by atoms with Crippen LogP contribution in [0.3, 0.4) is 0 Å². The van der Waals surface area contributed by atoms with Crippen LogP contribution in [0.25, 0.3) is 10.8 Å². The standard InChI is InChI=1S/C13H13NO4/c1-17-8-9-18-13-7-3-4-10-11(13)5-2-6-12(10)14(15)16/h2-7H,8-9H2,1H3. The third-order valence-electron chi connectivity index (χ3n) is 2.60. The largest absolute Gasteiger partial charge is 0.491 e. The Bertz CT molecular complexity index is 568. The number of nitro benzene ring substituents is 1. The van der Waals surface area contributed by atoms with Crippen LogP contribution in [0.1, 0.15) is 0 Å². The number of benzene rings is 2. The normalized spacial score (nSPS) is 10.5. The molecule has 0 heterocycles. The molecule has 2 aromatic carbocycles. The van der Waals surface area contributed by atoms with Crippen molar-refractivity contribution < 1.29 is 14.4 Å². The van der Waals surface area contributed by atoms with Gasteiger partial charge in [0.2, 0.25) is 0 Å². The van der Waals surface area contributed by atoms with Crippen LogP contribution >= 0.6 is 0 Å². The molecule has 18 heavy (non-hydrogen) atoms. The predicted octanol–water partition coefficient (Wildman–Crippen LogP) is 2.77. The Morgan fingerprint density at radius 2 is 1.83 bits per heavy atom. The third-order valence-corrected chi connectivity index (χ3v) is 2.60. The van der Waals surface area contributed by atoms with E-state index < -0.39 is 0 Å². The Morgan fingerprint density at radius 3 is 2.56 bits per heavy atom. The molecule has 0 amide bonds. The fraction of sp³-hybridized carbons (Fsp3) is 0.231. The van der Waals surface area contributed by atoms with Gasteiger partial charge >= 0.3 is 0 Å². The van der Waals surface area contributed by atoms with Crippen molar-refractivity contribution in [2.45, 2.75) is 0 Å². The van der Waals surface area contributed by atoms with Crippen LogP contribution < -0.4 is 4.74 Å². The highest BCUT2D eigenvalue weighted by atomic mass is 16.6. The van der Waals surface area contributed by atoms with Gasteiger partial charge in [0.1, 0.15) is 12.4 Å². The second-order valence-electron chi connectivity index (χ2n) is 3.73. The third kappa shape index (κ3) is 2.41. The zero-order valence-electron chi connectivity index (χ0n) is 9.96. The van der Waals surface area contributed by atoms with Gasteiger partial charge in [-0.25, -0.2) is 0 Å². The molecule has 94 valence electrons. The van der Waals surface area contributed by atoms with Crippen LogP contribution in [0.4, 0.5) is 5.69 Å². The van der Waals surface area contributed by atoms with E-state index >= 15 is 0 Å². The van der Waals surface area contributed by atoms with E-state index in [4.69, 9.17) is 9.47 Å². The van der Waals surface area contributed by atoms with Crippen molar-refractivity contribution in [2.75, 3.05) is 20.3 Å². The minimum atomic E-state index is -0.388. The molecule has 5 nitrogen and oxygen atoms in total. The first kappa shape index (κ1) is 12.3. The maximum absolute atomic E-state index is 10.9. The quantitative estimate of drug-likeness (QED) is 0.463. The smallest absolute Gasteiger partial charge is 0.277 e. The minimum absolute atomic E-state index is 0.0877. The van der Waals surface area contributed by atoms with Crippen molar-refractivity contribution in [3.05, 3.63) is 46.5 Å². The summed E-state index contributed by atoms with van der Waals surface area (Å²) in [7, 11) is 1.59. The summed E-state index contributed by atoms with van der Waals surface area (Å²) in [6.07, 6.45) is 0. The number of fused-ring (bicyclic) bond motifs is 1. The van der Waals surface area contributed by atoms with E-state index in [0.717, 1.165) is 5.39 Å². The van der Waals surface area contributed by atoms with Gasteiger partial charge in [0.05, 0.1) is 16.9 Å².